The lowest BCUT2D eigenvalue weighted by Gasteiger charge is -2.12. The minimum Gasteiger partial charge on any atom is -0.496 e. The van der Waals surface area contributed by atoms with Gasteiger partial charge in [-0.3, -0.25) is 4.79 Å². The largest absolute Gasteiger partial charge is 0.496 e. The van der Waals surface area contributed by atoms with E-state index in [4.69, 9.17) is 18.9 Å². The van der Waals surface area contributed by atoms with Crippen molar-refractivity contribution >= 4 is 38.8 Å². The average Bonchev–Trinajstić information content (AvgIpc) is 2.78. The SMILES string of the molecule is COc1cc(OC)c(OC)cc1/C=N/NC(=O)COc1ccc2ccccc2c1Br. The molecule has 3 rings (SSSR count). The standard InChI is InChI=1S/C22H21BrN2O5/c1-27-18-11-20(29-3)19(28-2)10-15(18)12-24-25-21(26)13-30-17-9-8-14-6-4-5-7-16(14)22(17)23/h4-12H,13H2,1-3H3,(H,25,26)/b24-12+. The maximum atomic E-state index is 12.1. The van der Waals surface area contributed by atoms with Crippen molar-refractivity contribution in [3.05, 3.63) is 58.6 Å². The highest BCUT2D eigenvalue weighted by Gasteiger charge is 2.11. The number of ether oxygens (including phenoxy) is 4. The Kier molecular flexibility index (Phi) is 7.13. The molecule has 0 unspecified atom stereocenters. The lowest BCUT2D eigenvalue weighted by atomic mass is 10.1. The number of fused-ring (bicyclic) bond motifs is 1. The third-order valence-electron chi connectivity index (χ3n) is 4.32. The van der Waals surface area contributed by atoms with Crippen molar-refractivity contribution in [2.45, 2.75) is 0 Å². The van der Waals surface area contributed by atoms with Crippen molar-refractivity contribution in [2.24, 2.45) is 5.10 Å². The van der Waals surface area contributed by atoms with Crippen LogP contribution in [0, 0.1) is 0 Å². The molecule has 7 nitrogen and oxygen atoms in total. The fourth-order valence-corrected chi connectivity index (χ4v) is 3.44. The second-order valence-electron chi connectivity index (χ2n) is 6.13. The number of nitrogens with zero attached hydrogens (tertiary/aromatic N) is 1. The Labute approximate surface area is 182 Å². The summed E-state index contributed by atoms with van der Waals surface area (Å²) < 4.78 is 22.3. The van der Waals surface area contributed by atoms with Gasteiger partial charge in [0.05, 0.1) is 32.0 Å². The van der Waals surface area contributed by atoms with Crippen LogP contribution in [0.2, 0.25) is 0 Å². The molecule has 0 fully saturated rings. The van der Waals surface area contributed by atoms with E-state index in [1.807, 2.05) is 36.4 Å². The Hall–Kier alpha value is -3.26. The molecule has 0 bridgehead atoms. The second-order valence-corrected chi connectivity index (χ2v) is 6.92. The van der Waals surface area contributed by atoms with Crippen LogP contribution in [0.1, 0.15) is 5.56 Å². The van der Waals surface area contributed by atoms with Crippen molar-refractivity contribution in [1.82, 2.24) is 5.43 Å². The summed E-state index contributed by atoms with van der Waals surface area (Å²) in [7, 11) is 4.61. The summed E-state index contributed by atoms with van der Waals surface area (Å²) in [6.07, 6.45) is 1.46. The summed E-state index contributed by atoms with van der Waals surface area (Å²) in [6, 6.07) is 15.0. The van der Waals surface area contributed by atoms with Gasteiger partial charge in [-0.15, -0.1) is 0 Å². The summed E-state index contributed by atoms with van der Waals surface area (Å²) >= 11 is 3.53. The van der Waals surface area contributed by atoms with E-state index in [-0.39, 0.29) is 6.61 Å². The third-order valence-corrected chi connectivity index (χ3v) is 5.13. The quantitative estimate of drug-likeness (QED) is 0.393. The monoisotopic (exact) mass is 472 g/mol. The summed E-state index contributed by atoms with van der Waals surface area (Å²) in [5, 5.41) is 6.06. The van der Waals surface area contributed by atoms with E-state index in [1.54, 1.807) is 19.2 Å². The molecule has 0 spiro atoms. The predicted molar refractivity (Wildman–Crippen MR) is 119 cm³/mol. The van der Waals surface area contributed by atoms with Crippen LogP contribution in [0.4, 0.5) is 0 Å². The van der Waals surface area contributed by atoms with E-state index < -0.39 is 5.91 Å². The van der Waals surface area contributed by atoms with Gasteiger partial charge in [0.2, 0.25) is 0 Å². The van der Waals surface area contributed by atoms with E-state index in [9.17, 15) is 4.79 Å². The number of hydrazone groups is 1. The van der Waals surface area contributed by atoms with Crippen molar-refractivity contribution in [1.29, 1.82) is 0 Å². The van der Waals surface area contributed by atoms with Crippen LogP contribution >= 0.6 is 15.9 Å². The smallest absolute Gasteiger partial charge is 0.277 e. The van der Waals surface area contributed by atoms with Crippen LogP contribution in [-0.4, -0.2) is 40.1 Å². The summed E-state index contributed by atoms with van der Waals surface area (Å²) in [4.78, 5) is 12.1. The predicted octanol–water partition coefficient (Wildman–Crippen LogP) is 4.16. The Morgan fingerprint density at radius 2 is 1.67 bits per heavy atom. The lowest BCUT2D eigenvalue weighted by Crippen LogP contribution is -2.24. The van der Waals surface area contributed by atoms with Crippen molar-refractivity contribution in [2.75, 3.05) is 27.9 Å². The van der Waals surface area contributed by atoms with E-state index in [2.05, 4.69) is 26.5 Å². The molecule has 0 aliphatic rings. The van der Waals surface area contributed by atoms with Gasteiger partial charge in [0.25, 0.3) is 5.91 Å². The second kappa shape index (κ2) is 9.98. The van der Waals surface area contributed by atoms with Gasteiger partial charge in [-0.2, -0.15) is 5.10 Å². The maximum absolute atomic E-state index is 12.1. The number of methoxy groups -OCH3 is 3. The first-order chi connectivity index (χ1) is 14.6. The van der Waals surface area contributed by atoms with Gasteiger partial charge in [-0.1, -0.05) is 30.3 Å². The van der Waals surface area contributed by atoms with Crippen molar-refractivity contribution in [3.63, 3.8) is 0 Å². The molecule has 0 heterocycles. The first-order valence-electron chi connectivity index (χ1n) is 8.99. The van der Waals surface area contributed by atoms with E-state index in [1.165, 1.54) is 20.4 Å². The van der Waals surface area contributed by atoms with Gasteiger partial charge in [0.1, 0.15) is 11.5 Å². The fourth-order valence-electron chi connectivity index (χ4n) is 2.83. The van der Waals surface area contributed by atoms with Crippen molar-refractivity contribution in [3.8, 4) is 23.0 Å². The summed E-state index contributed by atoms with van der Waals surface area (Å²) in [5.74, 6) is 1.77. The van der Waals surface area contributed by atoms with Crippen LogP contribution in [0.15, 0.2) is 58.1 Å². The zero-order valence-corrected chi connectivity index (χ0v) is 18.4. The molecule has 30 heavy (non-hydrogen) atoms. The van der Waals surface area contributed by atoms with Crippen LogP contribution < -0.4 is 24.4 Å². The van der Waals surface area contributed by atoms with Gasteiger partial charge in [0, 0.05) is 11.6 Å². The molecule has 8 heteroatoms. The fraction of sp³-hybridized carbons (Fsp3) is 0.182. The number of nitrogens with one attached hydrogen (secondary N) is 1. The first-order valence-corrected chi connectivity index (χ1v) is 9.78. The highest BCUT2D eigenvalue weighted by Crippen LogP contribution is 2.34. The molecule has 0 saturated carbocycles. The van der Waals surface area contributed by atoms with Crippen molar-refractivity contribution < 1.29 is 23.7 Å². The van der Waals surface area contributed by atoms with Gasteiger partial charge in [0.15, 0.2) is 18.1 Å². The van der Waals surface area contributed by atoms with E-state index in [0.717, 1.165) is 15.2 Å². The lowest BCUT2D eigenvalue weighted by molar-refractivity contribution is -0.123. The number of hydrogen-bond acceptors (Lipinski definition) is 6. The van der Waals surface area contributed by atoms with Gasteiger partial charge in [-0.05, 0) is 38.8 Å². The molecular formula is C22H21BrN2O5. The average molecular weight is 473 g/mol. The molecule has 156 valence electrons. The summed E-state index contributed by atoms with van der Waals surface area (Å²) in [6.45, 7) is -0.183. The number of rotatable bonds is 8. The van der Waals surface area contributed by atoms with Crippen LogP contribution in [0.5, 0.6) is 23.0 Å². The third kappa shape index (κ3) is 4.83. The number of hydrogen-bond donors (Lipinski definition) is 1. The minimum atomic E-state index is -0.397. The van der Waals surface area contributed by atoms with Crippen LogP contribution in [0.25, 0.3) is 10.8 Å². The molecule has 0 atom stereocenters. The molecule has 0 radical (unpaired) electrons. The van der Waals surface area contributed by atoms with E-state index >= 15 is 0 Å². The van der Waals surface area contributed by atoms with Crippen LogP contribution in [-0.2, 0) is 4.79 Å². The van der Waals surface area contributed by atoms with Gasteiger partial charge < -0.3 is 18.9 Å². The molecule has 0 aliphatic heterocycles. The Morgan fingerprint density at radius 1 is 0.967 bits per heavy atom. The number of benzene rings is 3. The highest BCUT2D eigenvalue weighted by atomic mass is 79.9. The molecule has 0 saturated heterocycles. The maximum Gasteiger partial charge on any atom is 0.277 e. The normalized spacial score (nSPS) is 10.8. The Morgan fingerprint density at radius 3 is 2.40 bits per heavy atom. The number of carbonyl (C=O) groups is 1. The topological polar surface area (TPSA) is 78.4 Å². The number of carbonyl (C=O) groups excluding carboxylic acids is 1. The molecule has 3 aromatic rings. The van der Waals surface area contributed by atoms with Crippen LogP contribution in [0.3, 0.4) is 0 Å². The highest BCUT2D eigenvalue weighted by molar-refractivity contribution is 9.10. The molecular weight excluding hydrogens is 452 g/mol. The number of halogens is 1. The Bertz CT molecular complexity index is 1080. The van der Waals surface area contributed by atoms with Gasteiger partial charge >= 0.3 is 0 Å². The Balaban J connectivity index is 1.64. The minimum absolute atomic E-state index is 0.183. The zero-order chi connectivity index (χ0) is 21.5. The molecule has 3 aromatic carbocycles. The molecule has 0 aliphatic carbocycles. The van der Waals surface area contributed by atoms with Gasteiger partial charge in [-0.25, -0.2) is 5.43 Å². The zero-order valence-electron chi connectivity index (χ0n) is 16.8. The van der Waals surface area contributed by atoms with E-state index in [0.29, 0.717) is 28.6 Å². The molecule has 1 amide bonds. The molecule has 0 aromatic heterocycles. The number of amides is 1. The first kappa shape index (κ1) is 21.4. The molecule has 1 N–H and O–H groups in total. The summed E-state index contributed by atoms with van der Waals surface area (Å²) in [5.41, 5.74) is 3.06.